The highest BCUT2D eigenvalue weighted by molar-refractivity contribution is 6.02. The average molecular weight is 301 g/mol. The van der Waals surface area contributed by atoms with Gasteiger partial charge in [-0.1, -0.05) is 31.6 Å². The van der Waals surface area contributed by atoms with E-state index in [1.807, 2.05) is 44.2 Å². The first-order chi connectivity index (χ1) is 10.6. The van der Waals surface area contributed by atoms with Gasteiger partial charge in [-0.3, -0.25) is 14.9 Å². The molecule has 0 aromatic heterocycles. The summed E-state index contributed by atoms with van der Waals surface area (Å²) in [7, 11) is 0. The number of nitrogens with one attached hydrogen (secondary N) is 3. The zero-order valence-corrected chi connectivity index (χ0v) is 13.1. The second-order valence-electron chi connectivity index (χ2n) is 5.50. The molecule has 5 heteroatoms. The highest BCUT2D eigenvalue weighted by atomic mass is 16.2. The van der Waals surface area contributed by atoms with E-state index in [9.17, 15) is 9.59 Å². The van der Waals surface area contributed by atoms with E-state index in [-0.39, 0.29) is 17.9 Å². The van der Waals surface area contributed by atoms with Crippen LogP contribution in [-0.4, -0.2) is 24.4 Å². The van der Waals surface area contributed by atoms with E-state index in [0.717, 1.165) is 18.4 Å². The summed E-state index contributed by atoms with van der Waals surface area (Å²) in [6.45, 7) is 4.70. The zero-order chi connectivity index (χ0) is 15.9. The van der Waals surface area contributed by atoms with Gasteiger partial charge in [-0.25, -0.2) is 0 Å². The summed E-state index contributed by atoms with van der Waals surface area (Å²) < 4.78 is 0. The van der Waals surface area contributed by atoms with Crippen molar-refractivity contribution in [3.8, 4) is 0 Å². The van der Waals surface area contributed by atoms with Crippen molar-refractivity contribution in [2.75, 3.05) is 17.2 Å². The molecule has 2 amide bonds. The summed E-state index contributed by atoms with van der Waals surface area (Å²) in [5.41, 5.74) is 2.30. The van der Waals surface area contributed by atoms with Gasteiger partial charge in [-0.2, -0.15) is 0 Å². The Kier molecular flexibility index (Phi) is 5.72. The maximum atomic E-state index is 12.2. The van der Waals surface area contributed by atoms with E-state index in [1.165, 1.54) is 0 Å². The molecular formula is C17H23N3O2. The fraction of sp³-hybridized carbons (Fsp3) is 0.412. The predicted molar refractivity (Wildman–Crippen MR) is 88.9 cm³/mol. The molecule has 1 aromatic rings. The van der Waals surface area contributed by atoms with Gasteiger partial charge in [0.15, 0.2) is 0 Å². The first-order valence-electron chi connectivity index (χ1n) is 7.71. The van der Waals surface area contributed by atoms with E-state index < -0.39 is 0 Å². The van der Waals surface area contributed by atoms with Gasteiger partial charge >= 0.3 is 0 Å². The second-order valence-corrected chi connectivity index (χ2v) is 5.50. The minimum atomic E-state index is -0.316. The Labute approximate surface area is 131 Å². The van der Waals surface area contributed by atoms with Gasteiger partial charge in [0.1, 0.15) is 6.04 Å². The quantitative estimate of drug-likeness (QED) is 0.707. The van der Waals surface area contributed by atoms with Gasteiger partial charge in [0.25, 0.3) is 0 Å². The highest BCUT2D eigenvalue weighted by Gasteiger charge is 2.19. The van der Waals surface area contributed by atoms with Crippen LogP contribution in [0.15, 0.2) is 30.4 Å². The number of benzene rings is 1. The molecule has 1 atom stereocenters. The average Bonchev–Trinajstić information content (AvgIpc) is 3.02. The van der Waals surface area contributed by atoms with Crippen molar-refractivity contribution in [2.24, 2.45) is 0 Å². The maximum Gasteiger partial charge on any atom is 0.245 e. The van der Waals surface area contributed by atoms with Crippen LogP contribution in [0.1, 0.15) is 31.7 Å². The summed E-state index contributed by atoms with van der Waals surface area (Å²) in [4.78, 5) is 24.1. The Morgan fingerprint density at radius 2 is 2.09 bits per heavy atom. The zero-order valence-electron chi connectivity index (χ0n) is 13.1. The van der Waals surface area contributed by atoms with E-state index in [0.29, 0.717) is 24.3 Å². The molecule has 1 aromatic carbocycles. The molecule has 5 nitrogen and oxygen atoms in total. The summed E-state index contributed by atoms with van der Waals surface area (Å²) in [5.74, 6) is -0.150. The molecule has 0 unspecified atom stereocenters. The van der Waals surface area contributed by atoms with E-state index in [2.05, 4.69) is 16.0 Å². The third kappa shape index (κ3) is 4.43. The molecule has 0 spiro atoms. The van der Waals surface area contributed by atoms with Gasteiger partial charge in [-0.05, 0) is 31.0 Å². The Morgan fingerprint density at radius 3 is 2.77 bits per heavy atom. The third-order valence-corrected chi connectivity index (χ3v) is 3.53. The summed E-state index contributed by atoms with van der Waals surface area (Å²) in [6, 6.07) is 5.29. The first kappa shape index (κ1) is 16.2. The molecule has 3 N–H and O–H groups in total. The van der Waals surface area contributed by atoms with Gasteiger partial charge in [0.2, 0.25) is 11.8 Å². The van der Waals surface area contributed by atoms with Gasteiger partial charge < -0.3 is 10.6 Å². The summed E-state index contributed by atoms with van der Waals surface area (Å²) in [6.07, 6.45) is 6.09. The molecule has 0 saturated heterocycles. The second kappa shape index (κ2) is 7.75. The largest absolute Gasteiger partial charge is 0.324 e. The van der Waals surface area contributed by atoms with Gasteiger partial charge in [0, 0.05) is 13.0 Å². The van der Waals surface area contributed by atoms with Crippen molar-refractivity contribution in [3.05, 3.63) is 35.9 Å². The number of hydrogen-bond donors (Lipinski definition) is 3. The number of amides is 2. The number of carbonyl (C=O) groups excluding carboxylic acids is 2. The summed E-state index contributed by atoms with van der Waals surface area (Å²) >= 11 is 0. The molecule has 0 aliphatic carbocycles. The Bertz CT molecular complexity index is 581. The monoisotopic (exact) mass is 301 g/mol. The van der Waals surface area contributed by atoms with Crippen molar-refractivity contribution in [1.29, 1.82) is 0 Å². The van der Waals surface area contributed by atoms with E-state index in [4.69, 9.17) is 0 Å². The number of rotatable bonds is 6. The Morgan fingerprint density at radius 1 is 1.27 bits per heavy atom. The van der Waals surface area contributed by atoms with Crippen molar-refractivity contribution in [2.45, 2.75) is 39.2 Å². The molecule has 1 heterocycles. The van der Waals surface area contributed by atoms with Crippen LogP contribution < -0.4 is 16.0 Å². The van der Waals surface area contributed by atoms with Crippen LogP contribution in [0.5, 0.6) is 0 Å². The fourth-order valence-corrected chi connectivity index (χ4v) is 2.28. The molecule has 2 rings (SSSR count). The van der Waals surface area contributed by atoms with Gasteiger partial charge in [-0.15, -0.1) is 0 Å². The van der Waals surface area contributed by atoms with Crippen LogP contribution in [0.4, 0.5) is 11.4 Å². The highest BCUT2D eigenvalue weighted by Crippen LogP contribution is 2.24. The molecule has 1 aliphatic rings. The fourth-order valence-electron chi connectivity index (χ4n) is 2.28. The van der Waals surface area contributed by atoms with Gasteiger partial charge in [0.05, 0.1) is 11.4 Å². The van der Waals surface area contributed by atoms with Crippen LogP contribution in [0.3, 0.4) is 0 Å². The van der Waals surface area contributed by atoms with Crippen LogP contribution in [0, 0.1) is 6.92 Å². The lowest BCUT2D eigenvalue weighted by molar-refractivity contribution is -0.117. The normalized spacial score (nSPS) is 16.5. The number of anilines is 2. The molecule has 0 radical (unpaired) electrons. The number of carbonyl (C=O) groups is 2. The number of aryl methyl sites for hydroxylation is 1. The van der Waals surface area contributed by atoms with E-state index >= 15 is 0 Å². The summed E-state index contributed by atoms with van der Waals surface area (Å²) in [5, 5.41) is 8.83. The lowest BCUT2D eigenvalue weighted by atomic mass is 10.1. The topological polar surface area (TPSA) is 70.2 Å². The van der Waals surface area contributed by atoms with Crippen LogP contribution >= 0.6 is 0 Å². The molecular weight excluding hydrogens is 278 g/mol. The molecule has 0 saturated carbocycles. The minimum absolute atomic E-state index is 0.0277. The maximum absolute atomic E-state index is 12.2. The molecule has 118 valence electrons. The van der Waals surface area contributed by atoms with Crippen molar-refractivity contribution in [3.63, 3.8) is 0 Å². The third-order valence-electron chi connectivity index (χ3n) is 3.53. The molecule has 22 heavy (non-hydrogen) atoms. The molecule has 1 aliphatic heterocycles. The standard InChI is InChI=1S/C17H23N3O2/c1-3-4-7-16(21)19-13-9-8-12(2)11-15(13)20-17(22)14-6-5-10-18-14/h5-6,8-9,11,14,18H,3-4,7,10H2,1-2H3,(H,19,21)(H,20,22)/t14-/m1/s1. The van der Waals surface area contributed by atoms with Crippen LogP contribution in [-0.2, 0) is 9.59 Å². The Hall–Kier alpha value is -2.14. The van der Waals surface area contributed by atoms with Crippen molar-refractivity contribution >= 4 is 23.2 Å². The predicted octanol–water partition coefficient (Wildman–Crippen LogP) is 2.59. The van der Waals surface area contributed by atoms with E-state index in [1.54, 1.807) is 0 Å². The lowest BCUT2D eigenvalue weighted by Gasteiger charge is -2.15. The number of hydrogen-bond acceptors (Lipinski definition) is 3. The van der Waals surface area contributed by atoms with Crippen molar-refractivity contribution < 1.29 is 9.59 Å². The smallest absolute Gasteiger partial charge is 0.245 e. The van der Waals surface area contributed by atoms with Crippen LogP contribution in [0.25, 0.3) is 0 Å². The van der Waals surface area contributed by atoms with Crippen molar-refractivity contribution in [1.82, 2.24) is 5.32 Å². The molecule has 0 fully saturated rings. The van der Waals surface area contributed by atoms with Crippen LogP contribution in [0.2, 0.25) is 0 Å². The minimum Gasteiger partial charge on any atom is -0.324 e. The molecule has 0 bridgehead atoms. The Balaban J connectivity index is 2.08. The lowest BCUT2D eigenvalue weighted by Crippen LogP contribution is -2.35. The SMILES string of the molecule is CCCCC(=O)Nc1ccc(C)cc1NC(=O)[C@H]1C=CCN1. The first-order valence-corrected chi connectivity index (χ1v) is 7.71. The number of unbranched alkanes of at least 4 members (excludes halogenated alkanes) is 1.